The molecule has 7 heteroatoms. The van der Waals surface area contributed by atoms with Gasteiger partial charge in [0.25, 0.3) is 0 Å². The van der Waals surface area contributed by atoms with Gasteiger partial charge in [-0.05, 0) is 31.6 Å². The Hall–Kier alpha value is -0.0361. The average molecular weight is 417 g/mol. The number of nitrogens with zero attached hydrogens (tertiary/aromatic N) is 2. The first kappa shape index (κ1) is 26.2. The number of hydrogen-bond acceptors (Lipinski definition) is 3. The number of rotatable bonds is 3. The SMILES string of the molecule is CC(C)C.C[N-]CC(=O)N1CCC[C@H]1C(N)=O.OC1CCCC1.[Y]. The Balaban J connectivity index is 0. The van der Waals surface area contributed by atoms with Gasteiger partial charge in [0.05, 0.1) is 6.10 Å². The summed E-state index contributed by atoms with van der Waals surface area (Å²) in [5.41, 5.74) is 5.16. The van der Waals surface area contributed by atoms with E-state index >= 15 is 0 Å². The van der Waals surface area contributed by atoms with E-state index in [1.165, 1.54) is 17.7 Å². The van der Waals surface area contributed by atoms with Gasteiger partial charge in [0.2, 0.25) is 11.8 Å². The van der Waals surface area contributed by atoms with Gasteiger partial charge in [-0.2, -0.15) is 7.05 Å². The fourth-order valence-corrected chi connectivity index (χ4v) is 2.49. The van der Waals surface area contributed by atoms with Crippen LogP contribution in [0.2, 0.25) is 0 Å². The van der Waals surface area contributed by atoms with Crippen molar-refractivity contribution < 1.29 is 47.4 Å². The maximum Gasteiger partial charge on any atom is 0.240 e. The van der Waals surface area contributed by atoms with Gasteiger partial charge in [0, 0.05) is 39.3 Å². The zero-order chi connectivity index (χ0) is 17.8. The number of likely N-dealkylation sites (tertiary alicyclic amines) is 1. The molecule has 1 aliphatic heterocycles. The van der Waals surface area contributed by atoms with E-state index in [2.05, 4.69) is 26.1 Å². The average Bonchev–Trinajstić information content (AvgIpc) is 3.09. The quantitative estimate of drug-likeness (QED) is 0.735. The maximum atomic E-state index is 11.4. The normalized spacial score (nSPS) is 19.8. The second kappa shape index (κ2) is 15.2. The molecule has 6 nitrogen and oxygen atoms in total. The monoisotopic (exact) mass is 417 g/mol. The molecule has 2 fully saturated rings. The van der Waals surface area contributed by atoms with Crippen molar-refractivity contribution in [3.63, 3.8) is 0 Å². The van der Waals surface area contributed by atoms with Crippen LogP contribution in [0.3, 0.4) is 0 Å². The molecule has 0 spiro atoms. The number of carbonyl (C=O) groups excluding carboxylic acids is 2. The number of aliphatic hydroxyl groups excluding tert-OH is 1. The van der Waals surface area contributed by atoms with Gasteiger partial charge in [-0.25, -0.2) is 0 Å². The molecule has 3 N–H and O–H groups in total. The zero-order valence-electron chi connectivity index (χ0n) is 15.7. The van der Waals surface area contributed by atoms with Gasteiger partial charge in [0.1, 0.15) is 6.04 Å². The maximum absolute atomic E-state index is 11.4. The molecule has 0 aromatic carbocycles. The van der Waals surface area contributed by atoms with E-state index < -0.39 is 11.9 Å². The van der Waals surface area contributed by atoms with E-state index in [9.17, 15) is 9.59 Å². The minimum absolute atomic E-state index is 0. The second-order valence-corrected chi connectivity index (χ2v) is 6.79. The molecule has 2 aliphatic rings. The molecule has 1 saturated heterocycles. The molecular formula is C17H34N3O3Y-. The van der Waals surface area contributed by atoms with Crippen LogP contribution >= 0.6 is 0 Å². The predicted molar refractivity (Wildman–Crippen MR) is 93.1 cm³/mol. The van der Waals surface area contributed by atoms with E-state index in [4.69, 9.17) is 10.8 Å². The third-order valence-corrected chi connectivity index (χ3v) is 3.52. The number of aliphatic hydroxyl groups is 1. The van der Waals surface area contributed by atoms with Crippen LogP contribution in [-0.4, -0.2) is 54.1 Å². The van der Waals surface area contributed by atoms with Gasteiger partial charge in [0.15, 0.2) is 0 Å². The van der Waals surface area contributed by atoms with Crippen LogP contribution in [0.5, 0.6) is 0 Å². The molecule has 24 heavy (non-hydrogen) atoms. The molecule has 1 saturated carbocycles. The Bertz CT molecular complexity index is 345. The molecule has 2 rings (SSSR count). The smallest absolute Gasteiger partial charge is 0.240 e. The topological polar surface area (TPSA) is 97.7 Å². The summed E-state index contributed by atoms with van der Waals surface area (Å²) in [5, 5.41) is 12.5. The van der Waals surface area contributed by atoms with Gasteiger partial charge in [-0.15, -0.1) is 0 Å². The first-order valence-electron chi connectivity index (χ1n) is 8.62. The molecule has 0 unspecified atom stereocenters. The Morgan fingerprint density at radius 1 is 1.17 bits per heavy atom. The summed E-state index contributed by atoms with van der Waals surface area (Å²) >= 11 is 0. The molecule has 1 aliphatic carbocycles. The Kier molecular flexibility index (Phi) is 16.6. The van der Waals surface area contributed by atoms with Crippen molar-refractivity contribution in [2.45, 2.75) is 71.4 Å². The molecule has 2 amide bonds. The fourth-order valence-electron chi connectivity index (χ4n) is 2.49. The summed E-state index contributed by atoms with van der Waals surface area (Å²) in [5.74, 6) is 0.311. The molecule has 0 bridgehead atoms. The van der Waals surface area contributed by atoms with Crippen molar-refractivity contribution in [2.75, 3.05) is 20.1 Å². The van der Waals surface area contributed by atoms with Gasteiger partial charge in [-0.3, -0.25) is 9.59 Å². The Morgan fingerprint density at radius 2 is 1.67 bits per heavy atom. The summed E-state index contributed by atoms with van der Waals surface area (Å²) in [7, 11) is 1.58. The molecule has 0 aromatic heterocycles. The van der Waals surface area contributed by atoms with Crippen molar-refractivity contribution in [2.24, 2.45) is 11.7 Å². The van der Waals surface area contributed by atoms with Crippen molar-refractivity contribution in [3.8, 4) is 0 Å². The van der Waals surface area contributed by atoms with Crippen molar-refractivity contribution in [1.29, 1.82) is 0 Å². The van der Waals surface area contributed by atoms with Gasteiger partial charge >= 0.3 is 0 Å². The molecular weight excluding hydrogens is 383 g/mol. The van der Waals surface area contributed by atoms with Crippen molar-refractivity contribution in [3.05, 3.63) is 5.32 Å². The van der Waals surface area contributed by atoms with Gasteiger partial charge < -0.3 is 21.1 Å². The van der Waals surface area contributed by atoms with E-state index in [-0.39, 0.29) is 51.3 Å². The summed E-state index contributed by atoms with van der Waals surface area (Å²) in [6.45, 7) is 7.27. The van der Waals surface area contributed by atoms with E-state index in [0.29, 0.717) is 13.0 Å². The largest absolute Gasteiger partial charge is 0.657 e. The molecule has 1 atom stereocenters. The Morgan fingerprint density at radius 3 is 2.00 bits per heavy atom. The standard InChI is InChI=1S/C8H14N3O2.C5H10O.C4H10.Y/c1-10-5-7(12)11-4-2-3-6(11)8(9)13;6-5-3-1-2-4-5;1-4(2)3;/h6H,2-5H2,1H3,(H2,9,13);5-6H,1-4H2;4H,1-3H3;/q-1;;;/t6-;;;/m0.../s1. The number of nitrogens with two attached hydrogens (primary N) is 1. The van der Waals surface area contributed by atoms with Crippen LogP contribution < -0.4 is 5.73 Å². The van der Waals surface area contributed by atoms with E-state index in [1.807, 2.05) is 0 Å². The van der Waals surface area contributed by atoms with Crippen LogP contribution in [0.4, 0.5) is 0 Å². The van der Waals surface area contributed by atoms with Crippen LogP contribution in [0, 0.1) is 5.92 Å². The fraction of sp³-hybridized carbons (Fsp3) is 0.882. The molecule has 1 radical (unpaired) electrons. The third-order valence-electron chi connectivity index (χ3n) is 3.52. The van der Waals surface area contributed by atoms with Crippen LogP contribution in [0.1, 0.15) is 59.3 Å². The molecule has 139 valence electrons. The number of primary amides is 1. The van der Waals surface area contributed by atoms with Crippen LogP contribution in [-0.2, 0) is 42.3 Å². The number of amides is 2. The number of likely N-dealkylation sites (N-methyl/N-ethyl adjacent to an activating group) is 1. The third kappa shape index (κ3) is 12.3. The molecule has 0 aromatic rings. The van der Waals surface area contributed by atoms with Crippen molar-refractivity contribution in [1.82, 2.24) is 4.90 Å². The first-order chi connectivity index (χ1) is 10.8. The summed E-state index contributed by atoms with van der Waals surface area (Å²) in [6, 6.07) is -0.408. The summed E-state index contributed by atoms with van der Waals surface area (Å²) < 4.78 is 0. The minimum atomic E-state index is -0.415. The predicted octanol–water partition coefficient (Wildman–Crippen LogP) is 2.05. The second-order valence-electron chi connectivity index (χ2n) is 6.79. The zero-order valence-corrected chi connectivity index (χ0v) is 18.5. The van der Waals surface area contributed by atoms with Crippen LogP contribution in [0.25, 0.3) is 5.32 Å². The van der Waals surface area contributed by atoms with E-state index in [0.717, 1.165) is 25.2 Å². The summed E-state index contributed by atoms with van der Waals surface area (Å²) in [6.07, 6.45) is 6.14. The van der Waals surface area contributed by atoms with E-state index in [1.54, 1.807) is 7.05 Å². The Labute approximate surface area is 172 Å². The van der Waals surface area contributed by atoms with Crippen LogP contribution in [0.15, 0.2) is 0 Å². The van der Waals surface area contributed by atoms with Crippen molar-refractivity contribution >= 4 is 11.8 Å². The first-order valence-corrected chi connectivity index (χ1v) is 8.62. The molecule has 1 heterocycles. The number of carbonyl (C=O) groups is 2. The van der Waals surface area contributed by atoms with Gasteiger partial charge in [-0.1, -0.05) is 40.2 Å². The minimum Gasteiger partial charge on any atom is -0.657 e. The number of hydrogen-bond donors (Lipinski definition) is 2. The summed E-state index contributed by atoms with van der Waals surface area (Å²) in [4.78, 5) is 23.8.